The van der Waals surface area contributed by atoms with Crippen LogP contribution in [0.2, 0.25) is 0 Å². The lowest BCUT2D eigenvalue weighted by Gasteiger charge is -2.26. The molecule has 1 aromatic heterocycles. The number of rotatable bonds is 7. The Bertz CT molecular complexity index is 1480. The van der Waals surface area contributed by atoms with E-state index in [9.17, 15) is 17.6 Å². The van der Waals surface area contributed by atoms with Gasteiger partial charge in [0.15, 0.2) is 0 Å². The Hall–Kier alpha value is -3.56. The SMILES string of the molecule is CCOc1ccc(-n2c(C(C)N(C)S(=O)(=O)c3ccc(F)cc3)nc3ccccc3c2=O)cc1. The van der Waals surface area contributed by atoms with Crippen LogP contribution in [0.4, 0.5) is 4.39 Å². The summed E-state index contributed by atoms with van der Waals surface area (Å²) >= 11 is 0. The second kappa shape index (κ2) is 9.36. The van der Waals surface area contributed by atoms with Gasteiger partial charge in [-0.1, -0.05) is 12.1 Å². The van der Waals surface area contributed by atoms with Crippen molar-refractivity contribution in [2.45, 2.75) is 24.8 Å². The Balaban J connectivity index is 1.87. The topological polar surface area (TPSA) is 81.5 Å². The number of fused-ring (bicyclic) bond motifs is 1. The minimum atomic E-state index is -3.99. The predicted molar refractivity (Wildman–Crippen MR) is 128 cm³/mol. The number of hydrogen-bond donors (Lipinski definition) is 0. The van der Waals surface area contributed by atoms with Crippen molar-refractivity contribution in [1.82, 2.24) is 13.9 Å². The fourth-order valence-corrected chi connectivity index (χ4v) is 5.00. The van der Waals surface area contributed by atoms with Crippen LogP contribution < -0.4 is 10.3 Å². The average molecular weight is 482 g/mol. The number of nitrogens with zero attached hydrogens (tertiary/aromatic N) is 3. The highest BCUT2D eigenvalue weighted by Crippen LogP contribution is 2.27. The molecule has 0 saturated heterocycles. The molecule has 0 saturated carbocycles. The number of ether oxygens (including phenoxy) is 1. The molecular formula is C25H24FN3O4S. The average Bonchev–Trinajstić information content (AvgIpc) is 2.84. The summed E-state index contributed by atoms with van der Waals surface area (Å²) in [5.41, 5.74) is 0.675. The number of para-hydroxylation sites is 1. The quantitative estimate of drug-likeness (QED) is 0.393. The number of aromatic nitrogens is 2. The molecule has 34 heavy (non-hydrogen) atoms. The summed E-state index contributed by atoms with van der Waals surface area (Å²) in [7, 11) is -2.58. The van der Waals surface area contributed by atoms with Crippen LogP contribution in [0.25, 0.3) is 16.6 Å². The van der Waals surface area contributed by atoms with Crippen molar-refractivity contribution in [2.24, 2.45) is 0 Å². The maximum atomic E-state index is 13.5. The molecular weight excluding hydrogens is 457 g/mol. The molecule has 0 aliphatic heterocycles. The van der Waals surface area contributed by atoms with Crippen molar-refractivity contribution in [3.05, 3.63) is 94.8 Å². The molecule has 4 aromatic rings. The first-order chi connectivity index (χ1) is 16.2. The second-order valence-electron chi connectivity index (χ2n) is 7.71. The van der Waals surface area contributed by atoms with E-state index in [2.05, 4.69) is 4.98 Å². The molecule has 0 fully saturated rings. The van der Waals surface area contributed by atoms with Gasteiger partial charge in [-0.15, -0.1) is 0 Å². The molecule has 1 atom stereocenters. The Morgan fingerprint density at radius 1 is 1.03 bits per heavy atom. The maximum absolute atomic E-state index is 13.5. The summed E-state index contributed by atoms with van der Waals surface area (Å²) in [6.45, 7) is 4.04. The van der Waals surface area contributed by atoms with Gasteiger partial charge in [0.05, 0.1) is 34.1 Å². The summed E-state index contributed by atoms with van der Waals surface area (Å²) < 4.78 is 47.9. The lowest BCUT2D eigenvalue weighted by Crippen LogP contribution is -2.34. The van der Waals surface area contributed by atoms with E-state index >= 15 is 0 Å². The van der Waals surface area contributed by atoms with Crippen molar-refractivity contribution in [3.63, 3.8) is 0 Å². The monoisotopic (exact) mass is 481 g/mol. The van der Waals surface area contributed by atoms with E-state index in [4.69, 9.17) is 4.74 Å². The highest BCUT2D eigenvalue weighted by Gasteiger charge is 2.30. The largest absolute Gasteiger partial charge is 0.494 e. The first-order valence-electron chi connectivity index (χ1n) is 10.7. The molecule has 0 radical (unpaired) electrons. The van der Waals surface area contributed by atoms with Crippen LogP contribution in [-0.4, -0.2) is 35.9 Å². The summed E-state index contributed by atoms with van der Waals surface area (Å²) in [5, 5.41) is 0.413. The van der Waals surface area contributed by atoms with E-state index < -0.39 is 21.9 Å². The molecule has 0 bridgehead atoms. The van der Waals surface area contributed by atoms with Gasteiger partial charge in [-0.25, -0.2) is 17.8 Å². The van der Waals surface area contributed by atoms with Crippen molar-refractivity contribution in [3.8, 4) is 11.4 Å². The van der Waals surface area contributed by atoms with Crippen LogP contribution in [0.15, 0.2) is 82.5 Å². The van der Waals surface area contributed by atoms with Gasteiger partial charge in [-0.05, 0) is 74.5 Å². The summed E-state index contributed by atoms with van der Waals surface area (Å²) in [6.07, 6.45) is 0. The molecule has 3 aromatic carbocycles. The van der Waals surface area contributed by atoms with Crippen LogP contribution in [0.3, 0.4) is 0 Å². The normalized spacial score (nSPS) is 12.7. The van der Waals surface area contributed by atoms with Crippen molar-refractivity contribution >= 4 is 20.9 Å². The summed E-state index contributed by atoms with van der Waals surface area (Å²) in [6, 6.07) is 17.6. The molecule has 1 unspecified atom stereocenters. The maximum Gasteiger partial charge on any atom is 0.266 e. The molecule has 1 heterocycles. The van der Waals surface area contributed by atoms with Crippen molar-refractivity contribution in [2.75, 3.05) is 13.7 Å². The summed E-state index contributed by atoms with van der Waals surface area (Å²) in [4.78, 5) is 18.1. The first kappa shape index (κ1) is 23.6. The molecule has 4 rings (SSSR count). The molecule has 176 valence electrons. The highest BCUT2D eigenvalue weighted by atomic mass is 32.2. The van der Waals surface area contributed by atoms with E-state index in [0.717, 1.165) is 16.4 Å². The van der Waals surface area contributed by atoms with Gasteiger partial charge in [0, 0.05) is 7.05 Å². The zero-order valence-electron chi connectivity index (χ0n) is 19.0. The Kier molecular flexibility index (Phi) is 6.49. The number of halogens is 1. The van der Waals surface area contributed by atoms with E-state index in [1.165, 1.54) is 23.7 Å². The van der Waals surface area contributed by atoms with Gasteiger partial charge in [0.1, 0.15) is 17.4 Å². The molecule has 0 aliphatic rings. The van der Waals surface area contributed by atoms with Crippen LogP contribution >= 0.6 is 0 Å². The molecule has 0 spiro atoms. The first-order valence-corrected chi connectivity index (χ1v) is 12.2. The van der Waals surface area contributed by atoms with Gasteiger partial charge >= 0.3 is 0 Å². The number of benzene rings is 3. The molecule has 7 nitrogen and oxygen atoms in total. The van der Waals surface area contributed by atoms with Crippen molar-refractivity contribution in [1.29, 1.82) is 0 Å². The van der Waals surface area contributed by atoms with E-state index in [1.54, 1.807) is 55.5 Å². The third-order valence-electron chi connectivity index (χ3n) is 5.62. The van der Waals surface area contributed by atoms with Gasteiger partial charge in [-0.2, -0.15) is 4.31 Å². The zero-order valence-corrected chi connectivity index (χ0v) is 19.8. The lowest BCUT2D eigenvalue weighted by atomic mass is 10.2. The number of sulfonamides is 1. The van der Waals surface area contributed by atoms with Gasteiger partial charge < -0.3 is 4.74 Å². The van der Waals surface area contributed by atoms with Crippen LogP contribution in [-0.2, 0) is 10.0 Å². The minimum Gasteiger partial charge on any atom is -0.494 e. The fraction of sp³-hybridized carbons (Fsp3) is 0.200. The van der Waals surface area contributed by atoms with Crippen molar-refractivity contribution < 1.29 is 17.5 Å². The number of hydrogen-bond acceptors (Lipinski definition) is 5. The van der Waals surface area contributed by atoms with Gasteiger partial charge in [-0.3, -0.25) is 9.36 Å². The van der Waals surface area contributed by atoms with Gasteiger partial charge in [0.2, 0.25) is 10.0 Å². The van der Waals surface area contributed by atoms with E-state index in [1.807, 2.05) is 6.92 Å². The predicted octanol–water partition coefficient (Wildman–Crippen LogP) is 4.31. The van der Waals surface area contributed by atoms with Crippen LogP contribution in [0, 0.1) is 5.82 Å². The zero-order chi connectivity index (χ0) is 24.5. The smallest absolute Gasteiger partial charge is 0.266 e. The van der Waals surface area contributed by atoms with Crippen LogP contribution in [0.5, 0.6) is 5.75 Å². The second-order valence-corrected chi connectivity index (χ2v) is 9.70. The van der Waals surface area contributed by atoms with E-state index in [-0.39, 0.29) is 16.3 Å². The molecule has 0 N–H and O–H groups in total. The molecule has 0 aliphatic carbocycles. The molecule has 0 amide bonds. The highest BCUT2D eigenvalue weighted by molar-refractivity contribution is 7.89. The lowest BCUT2D eigenvalue weighted by molar-refractivity contribution is 0.340. The Morgan fingerprint density at radius 2 is 1.68 bits per heavy atom. The standard InChI is InChI=1S/C25H24FN3O4S/c1-4-33-20-13-11-19(12-14-20)29-24(27-23-8-6-5-7-22(23)25(29)30)17(2)28(3)34(31,32)21-15-9-18(26)10-16-21/h5-17H,4H2,1-3H3. The van der Waals surface area contributed by atoms with Crippen LogP contribution in [0.1, 0.15) is 25.7 Å². The molecule has 9 heteroatoms. The Labute approximate surface area is 197 Å². The van der Waals surface area contributed by atoms with E-state index in [0.29, 0.717) is 28.9 Å². The minimum absolute atomic E-state index is 0.0565. The summed E-state index contributed by atoms with van der Waals surface area (Å²) in [5.74, 6) is 0.370. The third-order valence-corrected chi connectivity index (χ3v) is 7.56. The third kappa shape index (κ3) is 4.32. The fourth-order valence-electron chi connectivity index (χ4n) is 3.68. The Morgan fingerprint density at radius 3 is 2.32 bits per heavy atom. The van der Waals surface area contributed by atoms with Gasteiger partial charge in [0.25, 0.3) is 5.56 Å².